The van der Waals surface area contributed by atoms with Crippen molar-refractivity contribution in [2.24, 2.45) is 4.99 Å². The number of aromatic nitrogens is 2. The van der Waals surface area contributed by atoms with Gasteiger partial charge in [-0.1, -0.05) is 29.8 Å². The average Bonchev–Trinajstić information content (AvgIpc) is 3.03. The van der Waals surface area contributed by atoms with Gasteiger partial charge in [0.15, 0.2) is 11.6 Å². The largest absolute Gasteiger partial charge is 0.333 e. The number of H-pyrrole nitrogens is 1. The first-order valence-corrected chi connectivity index (χ1v) is 8.30. The van der Waals surface area contributed by atoms with Crippen molar-refractivity contribution >= 4 is 46.9 Å². The third-order valence-corrected chi connectivity index (χ3v) is 4.80. The van der Waals surface area contributed by atoms with Crippen molar-refractivity contribution in [3.63, 3.8) is 0 Å². The van der Waals surface area contributed by atoms with Crippen molar-refractivity contribution in [3.8, 4) is 0 Å². The third kappa shape index (κ3) is 2.96. The van der Waals surface area contributed by atoms with Crippen LogP contribution in [0.4, 0.5) is 4.39 Å². The first-order chi connectivity index (χ1) is 11.8. The van der Waals surface area contributed by atoms with Gasteiger partial charge in [-0.2, -0.15) is 0 Å². The minimum absolute atomic E-state index is 0.0170. The van der Waals surface area contributed by atoms with Crippen LogP contribution in [0, 0.1) is 5.82 Å². The van der Waals surface area contributed by atoms with Gasteiger partial charge in [0, 0.05) is 29.3 Å². The molecule has 1 aromatic carbocycles. The second-order valence-corrected chi connectivity index (χ2v) is 6.55. The van der Waals surface area contributed by atoms with E-state index in [4.69, 9.17) is 23.2 Å². The Kier molecular flexibility index (Phi) is 4.67. The second kappa shape index (κ2) is 6.61. The number of benzene rings is 1. The molecule has 8 heteroatoms. The summed E-state index contributed by atoms with van der Waals surface area (Å²) in [5, 5.41) is 0.605. The molecule has 1 atom stereocenters. The van der Waals surface area contributed by atoms with Crippen LogP contribution in [0.3, 0.4) is 0 Å². The summed E-state index contributed by atoms with van der Waals surface area (Å²) in [6.07, 6.45) is 0.496. The highest BCUT2D eigenvalue weighted by Crippen LogP contribution is 2.32. The summed E-state index contributed by atoms with van der Waals surface area (Å²) < 4.78 is 13.9. The minimum atomic E-state index is -0.547. The molecule has 0 saturated heterocycles. The van der Waals surface area contributed by atoms with E-state index in [1.54, 1.807) is 4.90 Å². The van der Waals surface area contributed by atoms with Crippen LogP contribution in [-0.2, 0) is 0 Å². The van der Waals surface area contributed by atoms with Gasteiger partial charge in [-0.3, -0.25) is 9.79 Å². The van der Waals surface area contributed by atoms with E-state index < -0.39 is 5.82 Å². The van der Waals surface area contributed by atoms with Gasteiger partial charge in [-0.05, 0) is 25.8 Å². The lowest BCUT2D eigenvalue weighted by Gasteiger charge is -2.35. The number of imidazole rings is 1. The van der Waals surface area contributed by atoms with Crippen LogP contribution in [0.1, 0.15) is 24.0 Å². The van der Waals surface area contributed by atoms with Gasteiger partial charge in [-0.25, -0.2) is 9.37 Å². The highest BCUT2D eigenvalue weighted by molar-refractivity contribution is 6.35. The van der Waals surface area contributed by atoms with Crippen LogP contribution in [0.25, 0.3) is 11.0 Å². The van der Waals surface area contributed by atoms with Crippen molar-refractivity contribution in [1.82, 2.24) is 14.9 Å². The van der Waals surface area contributed by atoms with Crippen LogP contribution < -0.4 is 0 Å². The van der Waals surface area contributed by atoms with E-state index in [1.165, 1.54) is 12.1 Å². The summed E-state index contributed by atoms with van der Waals surface area (Å²) in [6.45, 7) is 9.52. The second-order valence-electron chi connectivity index (χ2n) is 5.69. The molecule has 0 saturated carbocycles. The number of carbonyl (C=O) groups is 1. The number of aliphatic imine (C=N–C) groups is 1. The lowest BCUT2D eigenvalue weighted by molar-refractivity contribution is 0.0697. The molecule has 1 unspecified atom stereocenters. The van der Waals surface area contributed by atoms with Crippen LogP contribution in [0.2, 0.25) is 5.02 Å². The van der Waals surface area contributed by atoms with E-state index in [-0.39, 0.29) is 23.3 Å². The van der Waals surface area contributed by atoms with E-state index in [0.29, 0.717) is 34.1 Å². The number of fused-ring (bicyclic) bond motifs is 1. The Morgan fingerprint density at radius 3 is 2.84 bits per heavy atom. The fraction of sp³-hybridized carbons (Fsp3) is 0.235. The number of carbonyl (C=O) groups excluding carboxylic acids is 1. The first-order valence-electron chi connectivity index (χ1n) is 7.54. The molecule has 2 heterocycles. The summed E-state index contributed by atoms with van der Waals surface area (Å²) in [5.74, 6) is -0.907. The maximum Gasteiger partial charge on any atom is 0.290 e. The predicted octanol–water partition coefficient (Wildman–Crippen LogP) is 4.30. The zero-order valence-corrected chi connectivity index (χ0v) is 15.0. The zero-order chi connectivity index (χ0) is 18.3. The van der Waals surface area contributed by atoms with E-state index in [1.807, 2.05) is 6.92 Å². The van der Waals surface area contributed by atoms with E-state index >= 15 is 0 Å². The molecule has 1 aliphatic heterocycles. The van der Waals surface area contributed by atoms with E-state index in [2.05, 4.69) is 28.3 Å². The molecule has 5 nitrogen and oxygen atoms in total. The normalized spacial score (nSPS) is 17.9. The molecule has 0 fully saturated rings. The lowest BCUT2D eigenvalue weighted by atomic mass is 9.98. The smallest absolute Gasteiger partial charge is 0.290 e. The maximum absolute atomic E-state index is 13.9. The molecule has 0 radical (unpaired) electrons. The van der Waals surface area contributed by atoms with Crippen molar-refractivity contribution in [2.75, 3.05) is 6.54 Å². The van der Waals surface area contributed by atoms with Crippen LogP contribution >= 0.6 is 23.2 Å². The molecular formula is C17H15Cl2FN4O. The molecule has 1 aromatic heterocycles. The number of nitrogens with one attached hydrogen (secondary N) is 1. The monoisotopic (exact) mass is 380 g/mol. The minimum Gasteiger partial charge on any atom is -0.333 e. The average molecular weight is 381 g/mol. The van der Waals surface area contributed by atoms with Gasteiger partial charge < -0.3 is 9.88 Å². The van der Waals surface area contributed by atoms with Crippen molar-refractivity contribution in [1.29, 1.82) is 0 Å². The topological polar surface area (TPSA) is 61.4 Å². The Balaban J connectivity index is 2.01. The predicted molar refractivity (Wildman–Crippen MR) is 97.7 cm³/mol. The lowest BCUT2D eigenvalue weighted by Crippen LogP contribution is -2.44. The molecule has 2 aromatic rings. The SMILES string of the molecule is C=NC1=C(C(=C)Cl)C(C)N(C(=O)c2nc3c(F)ccc(Cl)c3[nH]2)CC1. The highest BCUT2D eigenvalue weighted by Gasteiger charge is 2.32. The molecule has 3 rings (SSSR count). The Morgan fingerprint density at radius 2 is 2.24 bits per heavy atom. The van der Waals surface area contributed by atoms with Crippen LogP contribution in [0.5, 0.6) is 0 Å². The molecule has 0 spiro atoms. The number of amides is 1. The number of halogens is 3. The van der Waals surface area contributed by atoms with Crippen LogP contribution in [0.15, 0.2) is 40.0 Å². The number of nitrogens with zero attached hydrogens (tertiary/aromatic N) is 3. The number of hydrogen-bond acceptors (Lipinski definition) is 3. The Labute approximate surface area is 153 Å². The fourth-order valence-electron chi connectivity index (χ4n) is 3.04. The molecule has 0 aliphatic carbocycles. The third-order valence-electron chi connectivity index (χ3n) is 4.28. The van der Waals surface area contributed by atoms with E-state index in [0.717, 1.165) is 5.70 Å². The van der Waals surface area contributed by atoms with E-state index in [9.17, 15) is 9.18 Å². The highest BCUT2D eigenvalue weighted by atomic mass is 35.5. The van der Waals surface area contributed by atoms with Crippen molar-refractivity contribution in [2.45, 2.75) is 19.4 Å². The van der Waals surface area contributed by atoms with Gasteiger partial charge >= 0.3 is 0 Å². The Hall–Kier alpha value is -2.18. The summed E-state index contributed by atoms with van der Waals surface area (Å²) in [7, 11) is 0. The van der Waals surface area contributed by atoms with Gasteiger partial charge in [0.05, 0.1) is 16.6 Å². The van der Waals surface area contributed by atoms with Crippen molar-refractivity contribution < 1.29 is 9.18 Å². The zero-order valence-electron chi connectivity index (χ0n) is 13.4. The fourth-order valence-corrected chi connectivity index (χ4v) is 3.51. The standard InChI is InChI=1S/C17H15Cl2FN4O/c1-8(18)13-9(2)24(7-6-12(13)21-3)17(25)16-22-14-10(19)4-5-11(20)15(14)23-16/h4-5,9H,1,3,6-7H2,2H3,(H,22,23). The number of hydrogen-bond donors (Lipinski definition) is 1. The number of aromatic amines is 1. The molecule has 0 bridgehead atoms. The first kappa shape index (κ1) is 17.6. The van der Waals surface area contributed by atoms with Crippen LogP contribution in [-0.4, -0.2) is 40.1 Å². The molecule has 25 heavy (non-hydrogen) atoms. The Morgan fingerprint density at radius 1 is 1.52 bits per heavy atom. The molecule has 130 valence electrons. The van der Waals surface area contributed by atoms with Gasteiger partial charge in [0.1, 0.15) is 5.52 Å². The summed E-state index contributed by atoms with van der Waals surface area (Å²) in [5.41, 5.74) is 1.71. The maximum atomic E-state index is 13.9. The summed E-state index contributed by atoms with van der Waals surface area (Å²) in [4.78, 5) is 25.3. The molecule has 1 aliphatic rings. The summed E-state index contributed by atoms with van der Waals surface area (Å²) >= 11 is 12.1. The van der Waals surface area contributed by atoms with Gasteiger partial charge in [0.25, 0.3) is 5.91 Å². The molecular weight excluding hydrogens is 366 g/mol. The quantitative estimate of drug-likeness (QED) is 0.806. The molecule has 1 amide bonds. The molecule has 1 N–H and O–H groups in total. The van der Waals surface area contributed by atoms with Gasteiger partial charge in [0.2, 0.25) is 0 Å². The van der Waals surface area contributed by atoms with Gasteiger partial charge in [-0.15, -0.1) is 0 Å². The summed E-state index contributed by atoms with van der Waals surface area (Å²) in [6, 6.07) is 2.26. The number of rotatable bonds is 3. The Bertz CT molecular complexity index is 895. The van der Waals surface area contributed by atoms with Crippen molar-refractivity contribution in [3.05, 3.63) is 51.7 Å².